The number of nitrogens with zero attached hydrogens (tertiary/aromatic N) is 3. The van der Waals surface area contributed by atoms with Crippen LogP contribution in [0.5, 0.6) is 0 Å². The highest BCUT2D eigenvalue weighted by molar-refractivity contribution is 5.95. The van der Waals surface area contributed by atoms with Crippen LogP contribution in [0.1, 0.15) is 39.6 Å². The summed E-state index contributed by atoms with van der Waals surface area (Å²) in [6.07, 6.45) is 5.33. The number of hydrogen-bond acceptors (Lipinski definition) is 4. The topological polar surface area (TPSA) is 69.0 Å². The monoisotopic (exact) mass is 314 g/mol. The largest absolute Gasteiger partial charge is 0.381 e. The zero-order valence-electron chi connectivity index (χ0n) is 13.6. The molecule has 2 aromatic heterocycles. The Morgan fingerprint density at radius 2 is 2.35 bits per heavy atom. The molecule has 0 saturated carbocycles. The van der Waals surface area contributed by atoms with Crippen molar-refractivity contribution in [3.63, 3.8) is 0 Å². The highest BCUT2D eigenvalue weighted by Gasteiger charge is 2.26. The highest BCUT2D eigenvalue weighted by Crippen LogP contribution is 2.26. The number of carbonyl (C=O) groups excluding carboxylic acids is 1. The van der Waals surface area contributed by atoms with Gasteiger partial charge in [-0.25, -0.2) is 0 Å². The number of pyridine rings is 1. The van der Waals surface area contributed by atoms with Gasteiger partial charge >= 0.3 is 0 Å². The lowest BCUT2D eigenvalue weighted by atomic mass is 10.0. The van der Waals surface area contributed by atoms with Crippen LogP contribution in [0.3, 0.4) is 0 Å². The fourth-order valence-corrected chi connectivity index (χ4v) is 2.79. The molecule has 6 nitrogen and oxygen atoms in total. The lowest BCUT2D eigenvalue weighted by Gasteiger charge is -2.08. The van der Waals surface area contributed by atoms with Crippen molar-refractivity contribution in [2.24, 2.45) is 7.05 Å². The third-order valence-corrected chi connectivity index (χ3v) is 4.09. The van der Waals surface area contributed by atoms with Gasteiger partial charge in [0, 0.05) is 44.2 Å². The van der Waals surface area contributed by atoms with E-state index in [4.69, 9.17) is 4.74 Å². The third-order valence-electron chi connectivity index (χ3n) is 4.09. The van der Waals surface area contributed by atoms with Crippen molar-refractivity contribution in [3.8, 4) is 0 Å². The maximum absolute atomic E-state index is 12.5. The standard InChI is InChI=1S/C17H22N4O2/c1-12-3-4-13(9-19-12)5-7-18-17(22)15-10-21(2)20-16(15)14-6-8-23-11-14/h3-4,9-10,14H,5-8,11H2,1-2H3,(H,18,22)/t14-/m1/s1. The number of aromatic nitrogens is 3. The summed E-state index contributed by atoms with van der Waals surface area (Å²) in [5, 5.41) is 7.43. The first-order valence-corrected chi connectivity index (χ1v) is 7.94. The van der Waals surface area contributed by atoms with Crippen LogP contribution in [0, 0.1) is 6.92 Å². The lowest BCUT2D eigenvalue weighted by molar-refractivity contribution is 0.0952. The lowest BCUT2D eigenvalue weighted by Crippen LogP contribution is -2.26. The van der Waals surface area contributed by atoms with Gasteiger partial charge in [-0.2, -0.15) is 5.10 Å². The second-order valence-electron chi connectivity index (χ2n) is 5.98. The van der Waals surface area contributed by atoms with E-state index in [0.29, 0.717) is 18.7 Å². The Kier molecular flexibility index (Phi) is 4.71. The predicted molar refractivity (Wildman–Crippen MR) is 86.4 cm³/mol. The van der Waals surface area contributed by atoms with Crippen LogP contribution in [-0.2, 0) is 18.2 Å². The van der Waals surface area contributed by atoms with Gasteiger partial charge in [-0.1, -0.05) is 6.07 Å². The van der Waals surface area contributed by atoms with E-state index in [0.717, 1.165) is 36.4 Å². The molecule has 1 aliphatic heterocycles. The van der Waals surface area contributed by atoms with Crippen LogP contribution in [0.4, 0.5) is 0 Å². The summed E-state index contributed by atoms with van der Waals surface area (Å²) in [5.41, 5.74) is 3.62. The van der Waals surface area contributed by atoms with Crippen molar-refractivity contribution < 1.29 is 9.53 Å². The molecule has 0 spiro atoms. The predicted octanol–water partition coefficient (Wildman–Crippen LogP) is 1.60. The summed E-state index contributed by atoms with van der Waals surface area (Å²) in [6, 6.07) is 4.02. The Labute approximate surface area is 135 Å². The van der Waals surface area contributed by atoms with E-state index in [-0.39, 0.29) is 11.8 Å². The Hall–Kier alpha value is -2.21. The maximum Gasteiger partial charge on any atom is 0.254 e. The van der Waals surface area contributed by atoms with Crippen molar-refractivity contribution in [2.75, 3.05) is 19.8 Å². The summed E-state index contributed by atoms with van der Waals surface area (Å²) >= 11 is 0. The number of carbonyl (C=O) groups is 1. The molecule has 0 radical (unpaired) electrons. The summed E-state index contributed by atoms with van der Waals surface area (Å²) in [6.45, 7) is 3.93. The minimum atomic E-state index is -0.0694. The molecule has 23 heavy (non-hydrogen) atoms. The molecule has 0 unspecified atom stereocenters. The van der Waals surface area contributed by atoms with E-state index in [9.17, 15) is 4.79 Å². The molecule has 1 amide bonds. The van der Waals surface area contributed by atoms with Crippen LogP contribution in [0.15, 0.2) is 24.5 Å². The molecule has 3 heterocycles. The van der Waals surface area contributed by atoms with Crippen LogP contribution in [0.25, 0.3) is 0 Å². The van der Waals surface area contributed by atoms with Gasteiger partial charge in [0.15, 0.2) is 0 Å². The second kappa shape index (κ2) is 6.91. The SMILES string of the molecule is Cc1ccc(CCNC(=O)c2cn(C)nc2[C@@H]2CCOC2)cn1. The quantitative estimate of drug-likeness (QED) is 0.910. The summed E-state index contributed by atoms with van der Waals surface area (Å²) in [4.78, 5) is 16.7. The van der Waals surface area contributed by atoms with E-state index < -0.39 is 0 Å². The average molecular weight is 314 g/mol. The molecular weight excluding hydrogens is 292 g/mol. The van der Waals surface area contributed by atoms with Crippen molar-refractivity contribution in [1.29, 1.82) is 0 Å². The Morgan fingerprint density at radius 1 is 1.48 bits per heavy atom. The minimum absolute atomic E-state index is 0.0694. The Bertz CT molecular complexity index is 672. The van der Waals surface area contributed by atoms with Crippen molar-refractivity contribution in [2.45, 2.75) is 25.7 Å². The number of hydrogen-bond donors (Lipinski definition) is 1. The van der Waals surface area contributed by atoms with E-state index in [1.807, 2.05) is 32.3 Å². The van der Waals surface area contributed by atoms with Crippen molar-refractivity contribution in [1.82, 2.24) is 20.1 Å². The van der Waals surface area contributed by atoms with Gasteiger partial charge in [0.05, 0.1) is 17.9 Å². The van der Waals surface area contributed by atoms with Gasteiger partial charge in [0.2, 0.25) is 0 Å². The van der Waals surface area contributed by atoms with Gasteiger partial charge < -0.3 is 10.1 Å². The molecule has 1 saturated heterocycles. The molecule has 0 bridgehead atoms. The molecule has 1 N–H and O–H groups in total. The van der Waals surface area contributed by atoms with Crippen LogP contribution < -0.4 is 5.32 Å². The fraction of sp³-hybridized carbons (Fsp3) is 0.471. The van der Waals surface area contributed by atoms with Gasteiger partial charge in [0.25, 0.3) is 5.91 Å². The van der Waals surface area contributed by atoms with Crippen molar-refractivity contribution in [3.05, 3.63) is 47.0 Å². The van der Waals surface area contributed by atoms with E-state index in [1.165, 1.54) is 0 Å². The normalized spacial score (nSPS) is 17.4. The number of aryl methyl sites for hydroxylation is 2. The minimum Gasteiger partial charge on any atom is -0.381 e. The molecule has 0 aromatic carbocycles. The molecule has 122 valence electrons. The molecule has 1 fully saturated rings. The van der Waals surface area contributed by atoms with E-state index >= 15 is 0 Å². The molecule has 0 aliphatic carbocycles. The average Bonchev–Trinajstić information content (AvgIpc) is 3.18. The molecule has 3 rings (SSSR count). The number of ether oxygens (including phenoxy) is 1. The molecule has 1 atom stereocenters. The Balaban J connectivity index is 1.60. The zero-order valence-corrected chi connectivity index (χ0v) is 13.6. The van der Waals surface area contributed by atoms with E-state index in [2.05, 4.69) is 15.4 Å². The van der Waals surface area contributed by atoms with Crippen LogP contribution >= 0.6 is 0 Å². The van der Waals surface area contributed by atoms with E-state index in [1.54, 1.807) is 10.9 Å². The first-order valence-electron chi connectivity index (χ1n) is 7.94. The summed E-state index contributed by atoms with van der Waals surface area (Å²) in [5.74, 6) is 0.151. The zero-order chi connectivity index (χ0) is 16.2. The summed E-state index contributed by atoms with van der Waals surface area (Å²) < 4.78 is 7.12. The van der Waals surface area contributed by atoms with Crippen LogP contribution in [0.2, 0.25) is 0 Å². The summed E-state index contributed by atoms with van der Waals surface area (Å²) in [7, 11) is 1.84. The first-order chi connectivity index (χ1) is 11.1. The number of amides is 1. The van der Waals surface area contributed by atoms with Gasteiger partial charge in [-0.15, -0.1) is 0 Å². The second-order valence-corrected chi connectivity index (χ2v) is 5.98. The number of rotatable bonds is 5. The third kappa shape index (κ3) is 3.76. The molecule has 6 heteroatoms. The Morgan fingerprint density at radius 3 is 3.04 bits per heavy atom. The molecular formula is C17H22N4O2. The van der Waals surface area contributed by atoms with Crippen molar-refractivity contribution >= 4 is 5.91 Å². The van der Waals surface area contributed by atoms with Crippen LogP contribution in [-0.4, -0.2) is 40.4 Å². The van der Waals surface area contributed by atoms with Gasteiger partial charge in [0.1, 0.15) is 0 Å². The maximum atomic E-state index is 12.5. The first kappa shape index (κ1) is 15.7. The molecule has 1 aliphatic rings. The van der Waals surface area contributed by atoms with Gasteiger partial charge in [-0.3, -0.25) is 14.5 Å². The fourth-order valence-electron chi connectivity index (χ4n) is 2.79. The van der Waals surface area contributed by atoms with Gasteiger partial charge in [-0.05, 0) is 31.4 Å². The smallest absolute Gasteiger partial charge is 0.254 e. The highest BCUT2D eigenvalue weighted by atomic mass is 16.5. The number of nitrogens with one attached hydrogen (secondary N) is 1. The molecule has 2 aromatic rings.